The lowest BCUT2D eigenvalue weighted by Crippen LogP contribution is -2.38. The van der Waals surface area contributed by atoms with E-state index in [1.54, 1.807) is 17.2 Å². The first-order valence-electron chi connectivity index (χ1n) is 12.0. The molecule has 2 aromatic rings. The standard InChI is InChI=1S/C25H30ClFN4O4SSi/c1-34-25(33)19-21(15-12-18(32)31(13-15)14-35-9-11-37(2,3)4)29-23(24-28-8-10-36-24)30-22(19)16-6-5-7-17(27)20(16)26/h5-8,10,15,22H,9,11-14H2,1-4H3,(H,29,30). The van der Waals surface area contributed by atoms with Crippen molar-refractivity contribution in [1.29, 1.82) is 0 Å². The Morgan fingerprint density at radius 2 is 2.14 bits per heavy atom. The number of benzene rings is 1. The molecule has 1 saturated heterocycles. The van der Waals surface area contributed by atoms with Crippen LogP contribution in [0.1, 0.15) is 23.0 Å². The van der Waals surface area contributed by atoms with Crippen LogP contribution in [0.4, 0.5) is 4.39 Å². The van der Waals surface area contributed by atoms with E-state index >= 15 is 0 Å². The third kappa shape index (κ3) is 6.28. The molecule has 0 bridgehead atoms. The number of halogens is 2. The number of amidine groups is 1. The number of ether oxygens (including phenoxy) is 2. The number of esters is 1. The summed E-state index contributed by atoms with van der Waals surface area (Å²) in [6.45, 7) is 7.94. The van der Waals surface area contributed by atoms with Crippen LogP contribution in [-0.4, -0.2) is 62.7 Å². The van der Waals surface area contributed by atoms with E-state index in [-0.39, 0.29) is 35.6 Å². The van der Waals surface area contributed by atoms with Crippen LogP contribution < -0.4 is 5.32 Å². The molecular weight excluding hydrogens is 535 g/mol. The van der Waals surface area contributed by atoms with Crippen LogP contribution in [0.25, 0.3) is 0 Å². The number of hydrogen-bond donors (Lipinski definition) is 1. The lowest BCUT2D eigenvalue weighted by molar-refractivity contribution is -0.136. The van der Waals surface area contributed by atoms with Crippen molar-refractivity contribution in [1.82, 2.24) is 15.2 Å². The maximum absolute atomic E-state index is 14.4. The second kappa shape index (κ2) is 11.4. The Kier molecular flexibility index (Phi) is 8.47. The molecule has 3 heterocycles. The second-order valence-electron chi connectivity index (χ2n) is 10.2. The van der Waals surface area contributed by atoms with Crippen molar-refractivity contribution in [3.05, 3.63) is 62.5 Å². The molecule has 0 spiro atoms. The summed E-state index contributed by atoms with van der Waals surface area (Å²) in [5.41, 5.74) is 1.01. The number of hydrogen-bond acceptors (Lipinski definition) is 8. The summed E-state index contributed by atoms with van der Waals surface area (Å²) in [4.78, 5) is 36.7. The highest BCUT2D eigenvalue weighted by molar-refractivity contribution is 7.11. The molecule has 8 nitrogen and oxygen atoms in total. The molecule has 2 atom stereocenters. The summed E-state index contributed by atoms with van der Waals surface area (Å²) in [6.07, 6.45) is 1.82. The van der Waals surface area contributed by atoms with Crippen LogP contribution in [0, 0.1) is 11.7 Å². The zero-order valence-electron chi connectivity index (χ0n) is 21.2. The quantitative estimate of drug-likeness (QED) is 0.271. The molecule has 1 aromatic carbocycles. The van der Waals surface area contributed by atoms with Crippen LogP contribution in [0.15, 0.2) is 46.0 Å². The third-order valence-corrected chi connectivity index (χ3v) is 9.14. The molecule has 0 saturated carbocycles. The first kappa shape index (κ1) is 27.4. The van der Waals surface area contributed by atoms with E-state index in [4.69, 9.17) is 26.1 Å². The lowest BCUT2D eigenvalue weighted by Gasteiger charge is -2.30. The molecule has 4 rings (SSSR count). The number of likely N-dealkylation sites (tertiary alicyclic amines) is 1. The largest absolute Gasteiger partial charge is 0.466 e. The Labute approximate surface area is 225 Å². The fraction of sp³-hybridized carbons (Fsp3) is 0.440. The molecule has 1 amide bonds. The van der Waals surface area contributed by atoms with Gasteiger partial charge in [-0.05, 0) is 12.1 Å². The maximum Gasteiger partial charge on any atom is 0.338 e. The summed E-state index contributed by atoms with van der Waals surface area (Å²) >= 11 is 7.71. The summed E-state index contributed by atoms with van der Waals surface area (Å²) in [7, 11) is 0.0206. The number of amides is 1. The van der Waals surface area contributed by atoms with Crippen molar-refractivity contribution in [2.24, 2.45) is 10.9 Å². The van der Waals surface area contributed by atoms with Crippen LogP contribution in [-0.2, 0) is 19.1 Å². The van der Waals surface area contributed by atoms with Crippen molar-refractivity contribution in [3.8, 4) is 0 Å². The predicted molar refractivity (Wildman–Crippen MR) is 144 cm³/mol. The van der Waals surface area contributed by atoms with Crippen molar-refractivity contribution < 1.29 is 23.5 Å². The molecule has 1 fully saturated rings. The highest BCUT2D eigenvalue weighted by Gasteiger charge is 2.41. The molecule has 1 aromatic heterocycles. The summed E-state index contributed by atoms with van der Waals surface area (Å²) < 4.78 is 25.4. The lowest BCUT2D eigenvalue weighted by atomic mass is 9.90. The Morgan fingerprint density at radius 3 is 2.81 bits per heavy atom. The minimum atomic E-state index is -1.25. The van der Waals surface area contributed by atoms with Crippen LogP contribution in [0.5, 0.6) is 0 Å². The number of carbonyl (C=O) groups is 2. The van der Waals surface area contributed by atoms with Gasteiger partial charge in [0, 0.05) is 56.4 Å². The predicted octanol–water partition coefficient (Wildman–Crippen LogP) is 4.61. The Balaban J connectivity index is 1.69. The smallest absolute Gasteiger partial charge is 0.338 e. The van der Waals surface area contributed by atoms with E-state index in [1.165, 1.54) is 30.6 Å². The highest BCUT2D eigenvalue weighted by Crippen LogP contribution is 2.40. The normalized spacial score (nSPS) is 20.2. The number of aromatic nitrogens is 1. The number of thiazole rings is 1. The van der Waals surface area contributed by atoms with E-state index in [9.17, 15) is 14.0 Å². The fourth-order valence-electron chi connectivity index (χ4n) is 4.27. The van der Waals surface area contributed by atoms with Crippen molar-refractivity contribution in [2.45, 2.75) is 38.1 Å². The van der Waals surface area contributed by atoms with Gasteiger partial charge in [0.05, 0.1) is 17.7 Å². The summed E-state index contributed by atoms with van der Waals surface area (Å²) in [5.74, 6) is -1.27. The monoisotopic (exact) mass is 564 g/mol. The van der Waals surface area contributed by atoms with Gasteiger partial charge in [-0.1, -0.05) is 43.4 Å². The van der Waals surface area contributed by atoms with E-state index in [0.717, 1.165) is 6.04 Å². The summed E-state index contributed by atoms with van der Waals surface area (Å²) in [6, 6.07) is 4.45. The third-order valence-electron chi connectivity index (χ3n) is 6.26. The summed E-state index contributed by atoms with van der Waals surface area (Å²) in [5, 5.41) is 5.52. The molecule has 0 aliphatic carbocycles. The van der Waals surface area contributed by atoms with Gasteiger partial charge >= 0.3 is 5.97 Å². The maximum atomic E-state index is 14.4. The molecule has 2 aliphatic rings. The van der Waals surface area contributed by atoms with Crippen molar-refractivity contribution in [2.75, 3.05) is 27.0 Å². The first-order valence-corrected chi connectivity index (χ1v) is 16.9. The molecule has 2 aliphatic heterocycles. The minimum Gasteiger partial charge on any atom is -0.466 e. The molecule has 1 N–H and O–H groups in total. The van der Waals surface area contributed by atoms with E-state index in [0.29, 0.717) is 35.3 Å². The molecule has 2 unspecified atom stereocenters. The van der Waals surface area contributed by atoms with Gasteiger partial charge in [0.1, 0.15) is 18.6 Å². The van der Waals surface area contributed by atoms with Crippen molar-refractivity contribution >= 4 is 48.7 Å². The topological polar surface area (TPSA) is 93.1 Å². The first-order chi connectivity index (χ1) is 17.6. The Hall–Kier alpha value is -2.60. The molecule has 0 radical (unpaired) electrons. The number of nitrogens with one attached hydrogen (secondary N) is 1. The zero-order valence-corrected chi connectivity index (χ0v) is 23.8. The van der Waals surface area contributed by atoms with Crippen molar-refractivity contribution in [3.63, 3.8) is 0 Å². The van der Waals surface area contributed by atoms with Gasteiger partial charge in [0.15, 0.2) is 10.8 Å². The van der Waals surface area contributed by atoms with E-state index < -0.39 is 25.9 Å². The van der Waals surface area contributed by atoms with Gasteiger partial charge in [0.2, 0.25) is 5.91 Å². The number of carbonyl (C=O) groups excluding carboxylic acids is 2. The van der Waals surface area contributed by atoms with Gasteiger partial charge in [0.25, 0.3) is 0 Å². The van der Waals surface area contributed by atoms with Gasteiger partial charge in [-0.25, -0.2) is 14.2 Å². The van der Waals surface area contributed by atoms with Gasteiger partial charge in [-0.2, -0.15) is 0 Å². The van der Waals surface area contributed by atoms with Gasteiger partial charge in [-0.3, -0.25) is 9.79 Å². The van der Waals surface area contributed by atoms with Crippen LogP contribution in [0.3, 0.4) is 0 Å². The number of nitrogens with zero attached hydrogens (tertiary/aromatic N) is 3. The second-order valence-corrected chi connectivity index (χ2v) is 17.1. The van der Waals surface area contributed by atoms with Gasteiger partial charge in [-0.15, -0.1) is 11.3 Å². The van der Waals surface area contributed by atoms with Crippen LogP contribution >= 0.6 is 22.9 Å². The zero-order chi connectivity index (χ0) is 26.7. The average Bonchev–Trinajstić information content (AvgIpc) is 3.52. The molecular formula is C25H30ClFN4O4SSi. The van der Waals surface area contributed by atoms with Gasteiger partial charge < -0.3 is 19.7 Å². The fourth-order valence-corrected chi connectivity index (χ4v) is 5.84. The van der Waals surface area contributed by atoms with E-state index in [1.807, 2.05) is 5.38 Å². The number of aliphatic imine (C=N–C) groups is 1. The molecule has 12 heteroatoms. The Bertz CT molecular complexity index is 1230. The van der Waals surface area contributed by atoms with E-state index in [2.05, 4.69) is 29.9 Å². The average molecular weight is 565 g/mol. The van der Waals surface area contributed by atoms with Crippen LogP contribution in [0.2, 0.25) is 30.7 Å². The number of methoxy groups -OCH3 is 1. The minimum absolute atomic E-state index is 0.0739. The SMILES string of the molecule is COC(=O)C1=C(C2CC(=O)N(COCC[Si](C)(C)C)C2)NC(c2nccs2)=NC1c1cccc(F)c1Cl. The highest BCUT2D eigenvalue weighted by atomic mass is 35.5. The molecule has 37 heavy (non-hydrogen) atoms. The molecule has 198 valence electrons. The Morgan fingerprint density at radius 1 is 1.35 bits per heavy atom. The number of rotatable bonds is 9.